The molecule has 198 valence electrons. The summed E-state index contributed by atoms with van der Waals surface area (Å²) in [5, 5.41) is 4.36. The van der Waals surface area contributed by atoms with Gasteiger partial charge in [0.25, 0.3) is 0 Å². The third kappa shape index (κ3) is 5.93. The second kappa shape index (κ2) is 9.67. The Morgan fingerprint density at radius 3 is 2.43 bits per heavy atom. The maximum Gasteiger partial charge on any atom is 0.434 e. The molecule has 1 aromatic carbocycles. The molecule has 1 aliphatic rings. The van der Waals surface area contributed by atoms with E-state index in [0.717, 1.165) is 11.3 Å². The molecule has 2 N–H and O–H groups in total. The molecule has 8 nitrogen and oxygen atoms in total. The Balaban J connectivity index is 1.56. The highest BCUT2D eigenvalue weighted by molar-refractivity contribution is 7.93. The van der Waals surface area contributed by atoms with Crippen LogP contribution in [0.25, 0.3) is 11.3 Å². The number of carbonyl (C=O) groups excluding carboxylic acids is 1. The number of nitrogens with zero attached hydrogens (tertiary/aromatic N) is 3. The van der Waals surface area contributed by atoms with Crippen molar-refractivity contribution in [3.63, 3.8) is 0 Å². The summed E-state index contributed by atoms with van der Waals surface area (Å²) in [4.78, 5) is 25.0. The molecule has 1 aliphatic carbocycles. The number of sulfonamides is 1. The number of alkyl halides is 3. The van der Waals surface area contributed by atoms with Gasteiger partial charge in [-0.05, 0) is 50.3 Å². The van der Waals surface area contributed by atoms with Gasteiger partial charge in [0.15, 0.2) is 10.8 Å². The number of hydrogen-bond acceptors (Lipinski definition) is 7. The fourth-order valence-corrected chi connectivity index (χ4v) is 6.02. The monoisotopic (exact) mass is 553 g/mol. The lowest BCUT2D eigenvalue weighted by Crippen LogP contribution is -2.35. The second-order valence-electron chi connectivity index (χ2n) is 9.71. The Bertz CT molecular complexity index is 1430. The van der Waals surface area contributed by atoms with Gasteiger partial charge in [0.05, 0.1) is 34.4 Å². The predicted molar refractivity (Wildman–Crippen MR) is 136 cm³/mol. The Hall–Kier alpha value is -3.06. The summed E-state index contributed by atoms with van der Waals surface area (Å²) in [6, 6.07) is 4.88. The minimum absolute atomic E-state index is 0.0681. The SMILES string of the molecule is CC(C)c1cc(-c2cncc(C(F)(F)F)n2)ccc1NC(=O)C(C)(C)c1csc(NS(=O)(=O)C2CC2)n1. The zero-order valence-electron chi connectivity index (χ0n) is 20.5. The predicted octanol–water partition coefficient (Wildman–Crippen LogP) is 5.56. The molecule has 13 heteroatoms. The number of carbonyl (C=O) groups is 1. The van der Waals surface area contributed by atoms with Crippen molar-refractivity contribution < 1.29 is 26.4 Å². The lowest BCUT2D eigenvalue weighted by Gasteiger charge is -2.23. The van der Waals surface area contributed by atoms with Crippen LogP contribution in [0.1, 0.15) is 63.4 Å². The highest BCUT2D eigenvalue weighted by atomic mass is 32.2. The van der Waals surface area contributed by atoms with E-state index in [1.807, 2.05) is 13.8 Å². The molecular weight excluding hydrogens is 527 g/mol. The number of halogens is 3. The largest absolute Gasteiger partial charge is 0.434 e. The number of thiazole rings is 1. The molecule has 2 heterocycles. The van der Waals surface area contributed by atoms with Crippen molar-refractivity contribution in [2.75, 3.05) is 10.0 Å². The quantitative estimate of drug-likeness (QED) is 0.377. The first-order valence-corrected chi connectivity index (χ1v) is 13.9. The number of nitrogens with one attached hydrogen (secondary N) is 2. The summed E-state index contributed by atoms with van der Waals surface area (Å²) in [6.45, 7) is 7.16. The summed E-state index contributed by atoms with van der Waals surface area (Å²) in [6.07, 6.45) is -1.44. The van der Waals surface area contributed by atoms with Crippen molar-refractivity contribution in [3.05, 3.63) is 52.9 Å². The second-order valence-corrected chi connectivity index (χ2v) is 12.5. The average Bonchev–Trinajstić information content (AvgIpc) is 3.59. The number of aromatic nitrogens is 3. The van der Waals surface area contributed by atoms with Crippen LogP contribution < -0.4 is 10.0 Å². The molecule has 0 radical (unpaired) electrons. The van der Waals surface area contributed by atoms with Crippen molar-refractivity contribution in [1.82, 2.24) is 15.0 Å². The third-order valence-electron chi connectivity index (χ3n) is 6.05. The zero-order valence-corrected chi connectivity index (χ0v) is 22.2. The third-order valence-corrected chi connectivity index (χ3v) is 8.76. The first kappa shape index (κ1) is 27.0. The molecule has 37 heavy (non-hydrogen) atoms. The lowest BCUT2D eigenvalue weighted by atomic mass is 9.88. The van der Waals surface area contributed by atoms with Crippen LogP contribution in [0.3, 0.4) is 0 Å². The van der Waals surface area contributed by atoms with E-state index < -0.39 is 32.6 Å². The van der Waals surface area contributed by atoms with Crippen molar-refractivity contribution in [1.29, 1.82) is 0 Å². The van der Waals surface area contributed by atoms with Gasteiger partial charge >= 0.3 is 6.18 Å². The normalized spacial score (nSPS) is 14.6. The molecule has 0 saturated heterocycles. The van der Waals surface area contributed by atoms with E-state index in [-0.39, 0.29) is 22.7 Å². The molecule has 1 fully saturated rings. The van der Waals surface area contributed by atoms with Crippen LogP contribution in [-0.2, 0) is 26.4 Å². The number of hydrogen-bond donors (Lipinski definition) is 2. The van der Waals surface area contributed by atoms with Gasteiger partial charge in [-0.1, -0.05) is 19.9 Å². The maximum atomic E-state index is 13.3. The number of benzene rings is 1. The van der Waals surface area contributed by atoms with E-state index in [0.29, 0.717) is 41.5 Å². The van der Waals surface area contributed by atoms with Crippen LogP contribution in [-0.4, -0.2) is 34.5 Å². The van der Waals surface area contributed by atoms with Gasteiger partial charge in [0, 0.05) is 16.6 Å². The van der Waals surface area contributed by atoms with Gasteiger partial charge in [-0.25, -0.2) is 18.4 Å². The fourth-order valence-electron chi connectivity index (χ4n) is 3.54. The molecule has 3 aromatic rings. The number of amides is 1. The van der Waals surface area contributed by atoms with Crippen LogP contribution in [0.5, 0.6) is 0 Å². The molecular formula is C24H26F3N5O3S2. The van der Waals surface area contributed by atoms with Gasteiger partial charge < -0.3 is 5.32 Å². The minimum atomic E-state index is -4.61. The Morgan fingerprint density at radius 1 is 1.11 bits per heavy atom. The van der Waals surface area contributed by atoms with Gasteiger partial charge in [-0.2, -0.15) is 13.2 Å². The maximum absolute atomic E-state index is 13.3. The smallest absolute Gasteiger partial charge is 0.325 e. The molecule has 1 saturated carbocycles. The minimum Gasteiger partial charge on any atom is -0.325 e. The van der Waals surface area contributed by atoms with E-state index >= 15 is 0 Å². The van der Waals surface area contributed by atoms with E-state index in [1.54, 1.807) is 37.4 Å². The highest BCUT2D eigenvalue weighted by Gasteiger charge is 2.38. The van der Waals surface area contributed by atoms with E-state index in [2.05, 4.69) is 25.0 Å². The molecule has 0 unspecified atom stereocenters. The fraction of sp³-hybridized carbons (Fsp3) is 0.417. The van der Waals surface area contributed by atoms with Crippen LogP contribution >= 0.6 is 11.3 Å². The zero-order chi connectivity index (χ0) is 27.2. The molecule has 1 amide bonds. The molecule has 0 bridgehead atoms. The standard InChI is InChI=1S/C24H26F3N5O3S2/c1-13(2)16-9-14(18-10-28-11-19(29-18)24(25,26)27)5-8-17(16)30-21(33)23(3,4)20-12-36-22(31-20)32-37(34,35)15-6-7-15/h5,8-13,15H,6-7H2,1-4H3,(H,30,33)(H,31,32). The van der Waals surface area contributed by atoms with E-state index in [1.165, 1.54) is 6.20 Å². The molecule has 0 aliphatic heterocycles. The van der Waals surface area contributed by atoms with Crippen molar-refractivity contribution in [2.24, 2.45) is 0 Å². The van der Waals surface area contributed by atoms with E-state index in [9.17, 15) is 26.4 Å². The van der Waals surface area contributed by atoms with Crippen molar-refractivity contribution in [3.8, 4) is 11.3 Å². The first-order chi connectivity index (χ1) is 17.2. The van der Waals surface area contributed by atoms with Gasteiger partial charge in [-0.15, -0.1) is 11.3 Å². The summed E-state index contributed by atoms with van der Waals surface area (Å²) >= 11 is 1.11. The van der Waals surface area contributed by atoms with Crippen LogP contribution in [0.15, 0.2) is 36.0 Å². The van der Waals surface area contributed by atoms with Gasteiger partial charge in [0.2, 0.25) is 15.9 Å². The van der Waals surface area contributed by atoms with Gasteiger partial charge in [0.1, 0.15) is 0 Å². The summed E-state index contributed by atoms with van der Waals surface area (Å²) < 4.78 is 66.1. The molecule has 4 rings (SSSR count). The Kier molecular flexibility index (Phi) is 7.06. The Labute approximate surface area is 216 Å². The van der Waals surface area contributed by atoms with Gasteiger partial charge in [-0.3, -0.25) is 14.5 Å². The summed E-state index contributed by atoms with van der Waals surface area (Å²) in [7, 11) is -3.47. The highest BCUT2D eigenvalue weighted by Crippen LogP contribution is 2.35. The molecule has 2 aromatic heterocycles. The van der Waals surface area contributed by atoms with Crippen LogP contribution in [0.4, 0.5) is 24.0 Å². The van der Waals surface area contributed by atoms with Crippen molar-refractivity contribution in [2.45, 2.75) is 63.3 Å². The average molecular weight is 554 g/mol. The summed E-state index contributed by atoms with van der Waals surface area (Å²) in [5.41, 5.74) is -0.0641. The first-order valence-electron chi connectivity index (χ1n) is 11.5. The number of rotatable bonds is 8. The lowest BCUT2D eigenvalue weighted by molar-refractivity contribution is -0.141. The topological polar surface area (TPSA) is 114 Å². The number of anilines is 2. The molecule has 0 spiro atoms. The van der Waals surface area contributed by atoms with Crippen LogP contribution in [0, 0.1) is 0 Å². The van der Waals surface area contributed by atoms with Crippen LogP contribution in [0.2, 0.25) is 0 Å². The summed E-state index contributed by atoms with van der Waals surface area (Å²) in [5.74, 6) is -0.442. The van der Waals surface area contributed by atoms with E-state index in [4.69, 9.17) is 0 Å². The molecule has 0 atom stereocenters. The van der Waals surface area contributed by atoms with Crippen molar-refractivity contribution >= 4 is 38.1 Å². The Morgan fingerprint density at radius 2 is 1.81 bits per heavy atom.